The van der Waals surface area contributed by atoms with Crippen molar-refractivity contribution in [3.8, 4) is 0 Å². The first-order valence-corrected chi connectivity index (χ1v) is 20.3. The van der Waals surface area contributed by atoms with Crippen LogP contribution in [0.3, 0.4) is 0 Å². The molecular weight excluding hydrogens is 650 g/mol. The van der Waals surface area contributed by atoms with Gasteiger partial charge in [-0.15, -0.1) is 0 Å². The molecule has 0 aromatic heterocycles. The predicted molar refractivity (Wildman–Crippen MR) is 213 cm³/mol. The molecule has 9 rings (SSSR count). The molecule has 0 radical (unpaired) electrons. The van der Waals surface area contributed by atoms with Crippen LogP contribution in [-0.4, -0.2) is 0 Å². The Bertz CT molecular complexity index is 2330. The summed E-state index contributed by atoms with van der Waals surface area (Å²) in [5.41, 5.74) is 10.6. The molecule has 2 aliphatic rings. The van der Waals surface area contributed by atoms with Gasteiger partial charge >= 0.3 is 0 Å². The second-order valence-electron chi connectivity index (χ2n) is 13.0. The Hall–Kier alpha value is -4.66. The molecule has 0 N–H and O–H groups in total. The van der Waals surface area contributed by atoms with Crippen LogP contribution in [0.15, 0.2) is 180 Å². The summed E-state index contributed by atoms with van der Waals surface area (Å²) in [6.45, 7) is 4.42. The topological polar surface area (TPSA) is 3.24 Å². The molecule has 0 saturated carbocycles. The number of aryl methyl sites for hydroxylation is 2. The zero-order valence-corrected chi connectivity index (χ0v) is 29.9. The van der Waals surface area contributed by atoms with E-state index in [0.717, 1.165) is 5.69 Å². The fourth-order valence-corrected chi connectivity index (χ4v) is 14.4. The molecular formula is C45H34NPS2. The first-order valence-electron chi connectivity index (χ1n) is 16.7. The van der Waals surface area contributed by atoms with Gasteiger partial charge in [0.15, 0.2) is 0 Å². The maximum atomic E-state index is 6.81. The van der Waals surface area contributed by atoms with Crippen molar-refractivity contribution in [3.05, 3.63) is 203 Å². The van der Waals surface area contributed by atoms with E-state index in [-0.39, 0.29) is 0 Å². The monoisotopic (exact) mass is 683 g/mol. The van der Waals surface area contributed by atoms with Gasteiger partial charge in [-0.05, 0) is 77.8 Å². The third-order valence-corrected chi connectivity index (χ3v) is 16.5. The summed E-state index contributed by atoms with van der Waals surface area (Å²) in [4.78, 5) is 4.99. The summed E-state index contributed by atoms with van der Waals surface area (Å²) in [5, 5.41) is 3.80. The standard InChI is InChI=1S/C45H34NPS2/c1-31-22-25-39-37(28-31)45(33-14-6-3-7-15-33,34-16-8-4-9-17-34)38-29-32(2)23-26-40(38)46(39)35-24-27-42-44(30-35)49-43-21-13-12-20-41(43)47(42,48)36-18-10-5-11-19-36/h3-30H,1-2H3. The minimum absolute atomic E-state index is 0.502. The van der Waals surface area contributed by atoms with E-state index in [9.17, 15) is 0 Å². The van der Waals surface area contributed by atoms with Crippen LogP contribution in [-0.2, 0) is 17.2 Å². The van der Waals surface area contributed by atoms with Gasteiger partial charge in [0, 0.05) is 32.1 Å². The van der Waals surface area contributed by atoms with Crippen molar-refractivity contribution >= 4 is 62.6 Å². The van der Waals surface area contributed by atoms with Crippen LogP contribution in [0.2, 0.25) is 0 Å². The lowest BCUT2D eigenvalue weighted by molar-refractivity contribution is 0.729. The Morgan fingerprint density at radius 3 is 1.61 bits per heavy atom. The molecule has 0 amide bonds. The van der Waals surface area contributed by atoms with E-state index in [1.54, 1.807) is 0 Å². The number of hydrogen-bond acceptors (Lipinski definition) is 3. The Morgan fingerprint density at radius 1 is 0.510 bits per heavy atom. The third-order valence-electron chi connectivity index (χ3n) is 10.1. The maximum absolute atomic E-state index is 6.81. The number of benzene rings is 7. The van der Waals surface area contributed by atoms with Gasteiger partial charge in [-0.2, -0.15) is 0 Å². The molecule has 0 bridgehead atoms. The molecule has 0 fully saturated rings. The molecule has 49 heavy (non-hydrogen) atoms. The summed E-state index contributed by atoms with van der Waals surface area (Å²) in [6, 6.07) is 60.4. The van der Waals surface area contributed by atoms with Crippen molar-refractivity contribution in [1.29, 1.82) is 0 Å². The highest BCUT2D eigenvalue weighted by Crippen LogP contribution is 2.59. The normalized spacial score (nSPS) is 17.0. The van der Waals surface area contributed by atoms with Crippen LogP contribution < -0.4 is 20.8 Å². The average Bonchev–Trinajstić information content (AvgIpc) is 3.15. The highest BCUT2D eigenvalue weighted by Gasteiger charge is 2.47. The molecule has 1 atom stereocenters. The average molecular weight is 684 g/mol. The van der Waals surface area contributed by atoms with Crippen molar-refractivity contribution < 1.29 is 0 Å². The molecule has 2 heterocycles. The lowest BCUT2D eigenvalue weighted by Gasteiger charge is -2.47. The lowest BCUT2D eigenvalue weighted by atomic mass is 9.62. The predicted octanol–water partition coefficient (Wildman–Crippen LogP) is 10.7. The molecule has 2 aliphatic heterocycles. The Kier molecular flexibility index (Phi) is 7.29. The highest BCUT2D eigenvalue weighted by molar-refractivity contribution is 8.26. The first-order chi connectivity index (χ1) is 24.0. The van der Waals surface area contributed by atoms with Gasteiger partial charge in [0.2, 0.25) is 0 Å². The van der Waals surface area contributed by atoms with E-state index in [2.05, 4.69) is 189 Å². The third kappa shape index (κ3) is 4.57. The maximum Gasteiger partial charge on any atom is 0.0742 e. The number of anilines is 3. The van der Waals surface area contributed by atoms with E-state index in [1.165, 1.54) is 70.5 Å². The van der Waals surface area contributed by atoms with Crippen LogP contribution in [0.4, 0.5) is 17.1 Å². The molecule has 7 aromatic rings. The first kappa shape index (κ1) is 30.4. The lowest BCUT2D eigenvalue weighted by Crippen LogP contribution is -2.38. The van der Waals surface area contributed by atoms with Gasteiger partial charge in [0.05, 0.1) is 16.8 Å². The summed E-state index contributed by atoms with van der Waals surface area (Å²) < 4.78 is 0. The van der Waals surface area contributed by atoms with Gasteiger partial charge in [-0.3, -0.25) is 0 Å². The summed E-state index contributed by atoms with van der Waals surface area (Å²) in [7, 11) is 0. The van der Waals surface area contributed by atoms with E-state index in [1.807, 2.05) is 11.8 Å². The van der Waals surface area contributed by atoms with Crippen LogP contribution in [0, 0.1) is 13.8 Å². The zero-order valence-electron chi connectivity index (χ0n) is 27.4. The van der Waals surface area contributed by atoms with E-state index >= 15 is 0 Å². The van der Waals surface area contributed by atoms with Crippen LogP contribution in [0.1, 0.15) is 33.4 Å². The van der Waals surface area contributed by atoms with Gasteiger partial charge in [-0.25, -0.2) is 0 Å². The molecule has 0 spiro atoms. The summed E-state index contributed by atoms with van der Waals surface area (Å²) >= 11 is 8.66. The van der Waals surface area contributed by atoms with Crippen molar-refractivity contribution in [1.82, 2.24) is 0 Å². The smallest absolute Gasteiger partial charge is 0.0742 e. The van der Waals surface area contributed by atoms with Gasteiger partial charge in [0.25, 0.3) is 0 Å². The van der Waals surface area contributed by atoms with Crippen molar-refractivity contribution in [2.45, 2.75) is 29.1 Å². The molecule has 0 saturated heterocycles. The SMILES string of the molecule is Cc1ccc2c(c1)C(c1ccccc1)(c1ccccc1)c1cc(C)ccc1N2c1ccc2c(c1)Sc1ccccc1P2(=S)c1ccccc1. The van der Waals surface area contributed by atoms with Crippen molar-refractivity contribution in [2.75, 3.05) is 4.90 Å². The van der Waals surface area contributed by atoms with E-state index < -0.39 is 11.5 Å². The molecule has 0 aliphatic carbocycles. The second kappa shape index (κ2) is 11.7. The molecule has 236 valence electrons. The minimum atomic E-state index is -2.26. The fourth-order valence-electron chi connectivity index (χ4n) is 7.96. The zero-order chi connectivity index (χ0) is 33.2. The Balaban J connectivity index is 1.32. The quantitative estimate of drug-likeness (QED) is 0.170. The molecule has 1 unspecified atom stereocenters. The van der Waals surface area contributed by atoms with Gasteiger partial charge in [-0.1, -0.05) is 168 Å². The number of hydrogen-bond donors (Lipinski definition) is 0. The summed E-state index contributed by atoms with van der Waals surface area (Å²) in [6.07, 6.45) is 0. The Morgan fingerprint density at radius 2 is 1.02 bits per heavy atom. The highest BCUT2D eigenvalue weighted by atomic mass is 32.4. The molecule has 4 heteroatoms. The van der Waals surface area contributed by atoms with Gasteiger partial charge in [0.1, 0.15) is 0 Å². The van der Waals surface area contributed by atoms with Crippen LogP contribution >= 0.6 is 17.8 Å². The second-order valence-corrected chi connectivity index (χ2v) is 18.5. The molecule has 7 aromatic carbocycles. The van der Waals surface area contributed by atoms with E-state index in [4.69, 9.17) is 11.8 Å². The van der Waals surface area contributed by atoms with E-state index in [0.29, 0.717) is 0 Å². The minimum Gasteiger partial charge on any atom is -0.310 e. The number of rotatable bonds is 4. The summed E-state index contributed by atoms with van der Waals surface area (Å²) in [5.74, 6) is 0. The van der Waals surface area contributed by atoms with Crippen molar-refractivity contribution in [3.63, 3.8) is 0 Å². The molecule has 1 nitrogen and oxygen atoms in total. The van der Waals surface area contributed by atoms with Gasteiger partial charge < -0.3 is 4.90 Å². The largest absolute Gasteiger partial charge is 0.310 e. The number of fused-ring (bicyclic) bond motifs is 4. The number of nitrogens with zero attached hydrogens (tertiary/aromatic N) is 1. The fraction of sp³-hybridized carbons (Fsp3) is 0.0667. The Labute approximate surface area is 298 Å². The van der Waals surface area contributed by atoms with Crippen molar-refractivity contribution in [2.24, 2.45) is 0 Å². The van der Waals surface area contributed by atoms with Crippen LogP contribution in [0.5, 0.6) is 0 Å². The van der Waals surface area contributed by atoms with Crippen LogP contribution in [0.25, 0.3) is 0 Å².